The molecule has 0 aromatic rings. The molecule has 0 bridgehead atoms. The molecule has 2 fully saturated rings. The Morgan fingerprint density at radius 1 is 0.895 bits per heavy atom. The molecule has 13 N–H and O–H groups in total. The van der Waals surface area contributed by atoms with E-state index in [4.69, 9.17) is 51.4 Å². The fourth-order valence-electron chi connectivity index (χ4n) is 7.00. The van der Waals surface area contributed by atoms with E-state index in [1.165, 1.54) is 14.0 Å². The van der Waals surface area contributed by atoms with Gasteiger partial charge in [0.25, 0.3) is 0 Å². The van der Waals surface area contributed by atoms with Gasteiger partial charge in [0, 0.05) is 19.0 Å². The van der Waals surface area contributed by atoms with Gasteiger partial charge in [-0.15, -0.1) is 0 Å². The zero-order chi connectivity index (χ0) is 43.4. The highest BCUT2D eigenvalue weighted by Gasteiger charge is 2.56. The highest BCUT2D eigenvalue weighted by molar-refractivity contribution is 5.76. The van der Waals surface area contributed by atoms with Crippen LogP contribution >= 0.6 is 0 Å². The number of carbonyl (C=O) groups excluding carboxylic acids is 3. The number of amides is 3. The van der Waals surface area contributed by atoms with Crippen molar-refractivity contribution in [2.24, 2.45) is 38.8 Å². The van der Waals surface area contributed by atoms with E-state index in [1.54, 1.807) is 68.4 Å². The van der Waals surface area contributed by atoms with E-state index in [9.17, 15) is 29.7 Å². The first-order chi connectivity index (χ1) is 26.0. The maximum Gasteiger partial charge on any atom is 0.410 e. The van der Waals surface area contributed by atoms with Crippen molar-refractivity contribution in [1.82, 2.24) is 15.5 Å². The van der Waals surface area contributed by atoms with Crippen molar-refractivity contribution in [2.45, 2.75) is 159 Å². The Morgan fingerprint density at radius 2 is 1.44 bits per heavy atom. The normalized spacial score (nSPS) is 32.0. The summed E-state index contributed by atoms with van der Waals surface area (Å²) in [5.74, 6) is -1.29. The zero-order valence-electron chi connectivity index (χ0n) is 34.8. The average Bonchev–Trinajstić information content (AvgIpc) is 3.00. The van der Waals surface area contributed by atoms with Gasteiger partial charge in [-0.1, -0.05) is 0 Å². The smallest absolute Gasteiger partial charge is 0.410 e. The summed E-state index contributed by atoms with van der Waals surface area (Å²) in [5, 5.41) is 41.2. The first kappa shape index (κ1) is 47.1. The molecule has 1 saturated heterocycles. The Bertz CT molecular complexity index is 1510. The number of nitrogens with two attached hydrogens (primary N) is 4. The van der Waals surface area contributed by atoms with E-state index in [0.29, 0.717) is 5.76 Å². The number of aliphatic imine (C=N–C) groups is 2. The second-order valence-electron chi connectivity index (χ2n) is 17.8. The van der Waals surface area contributed by atoms with Crippen molar-refractivity contribution in [1.29, 1.82) is 0 Å². The van der Waals surface area contributed by atoms with Gasteiger partial charge in [-0.05, 0) is 88.2 Å². The third kappa shape index (κ3) is 13.7. The van der Waals surface area contributed by atoms with Crippen molar-refractivity contribution < 1.29 is 58.1 Å². The number of nitrogens with zero attached hydrogens (tertiary/aromatic N) is 3. The second-order valence-corrected chi connectivity index (χ2v) is 17.8. The van der Waals surface area contributed by atoms with Crippen LogP contribution in [0.5, 0.6) is 0 Å². The number of aliphatic hydroxyl groups excluding tert-OH is 2. The summed E-state index contributed by atoms with van der Waals surface area (Å²) in [4.78, 5) is 49.3. The van der Waals surface area contributed by atoms with Gasteiger partial charge >= 0.3 is 18.3 Å². The standard InChI is InChI=1S/C36H65N9O12/c1-33(2,3)55-30(48)43-19-14-20(44-31(49)56-34(4,5)6)25(22(46)21(19)24-18(42-29(39)40)13-12-17(53-24)15-41-28(37)38)54-27-23(47)26(36(10,51)16-52-27)45(11)32(50)57-35(7,8)9/h12,18-27,46-47,51H,13-16H2,1-11H3,(H,43,48)(H,44,49)(H4,37,38,41)(H4,39,40,42)/t18-,19+,20-,21-,22+,23-,24?,25+,26-,27-,36+/m1/s1. The van der Waals surface area contributed by atoms with Crippen LogP contribution in [0.3, 0.4) is 0 Å². The van der Waals surface area contributed by atoms with Crippen LogP contribution in [0.4, 0.5) is 14.4 Å². The average molecular weight is 816 g/mol. The van der Waals surface area contributed by atoms with Gasteiger partial charge in [-0.2, -0.15) is 0 Å². The molecule has 1 aliphatic carbocycles. The van der Waals surface area contributed by atoms with Crippen molar-refractivity contribution in [3.8, 4) is 0 Å². The van der Waals surface area contributed by atoms with Gasteiger partial charge in [0.2, 0.25) is 0 Å². The van der Waals surface area contributed by atoms with Crippen LogP contribution in [0.1, 0.15) is 82.1 Å². The van der Waals surface area contributed by atoms with Crippen molar-refractivity contribution in [2.75, 3.05) is 20.2 Å². The molecule has 3 aliphatic rings. The summed E-state index contributed by atoms with van der Waals surface area (Å²) in [7, 11) is 1.35. The van der Waals surface area contributed by atoms with E-state index in [-0.39, 0.29) is 31.3 Å². The molecule has 0 aromatic carbocycles. The van der Waals surface area contributed by atoms with Gasteiger partial charge in [-0.3, -0.25) is 0 Å². The van der Waals surface area contributed by atoms with Crippen LogP contribution in [-0.2, 0) is 28.4 Å². The summed E-state index contributed by atoms with van der Waals surface area (Å²) < 4.78 is 35.2. The molecular weight excluding hydrogens is 750 g/mol. The van der Waals surface area contributed by atoms with E-state index in [0.717, 1.165) is 4.90 Å². The number of hydrogen-bond acceptors (Lipinski definition) is 14. The van der Waals surface area contributed by atoms with E-state index in [2.05, 4.69) is 20.6 Å². The Labute approximate surface area is 333 Å². The Hall–Kier alpha value is -4.31. The summed E-state index contributed by atoms with van der Waals surface area (Å²) in [5.41, 5.74) is 18.3. The van der Waals surface area contributed by atoms with E-state index >= 15 is 0 Å². The summed E-state index contributed by atoms with van der Waals surface area (Å²) in [6.45, 7) is 15.9. The Balaban J connectivity index is 2.15. The Kier molecular flexibility index (Phi) is 14.9. The maximum atomic E-state index is 13.4. The SMILES string of the molecule is CN(C(=O)OC(C)(C)C)[C@@H]1[C@@H](O)[C@@H](O[C@@H]2[C@@H](O)[C@H](C3OC(CN=C(N)N)=CC[C@H]3N=C(N)N)[C@@H](NC(=O)OC(C)(C)C)C[C@H]2NC(=O)OC(C)(C)C)OC[C@]1(C)O. The van der Waals surface area contributed by atoms with Crippen LogP contribution in [0.15, 0.2) is 21.8 Å². The van der Waals surface area contributed by atoms with E-state index < -0.39 is 108 Å². The first-order valence-electron chi connectivity index (χ1n) is 18.8. The number of ether oxygens (including phenoxy) is 6. The number of rotatable bonds is 9. The lowest BCUT2D eigenvalue weighted by Gasteiger charge is -2.51. The zero-order valence-corrected chi connectivity index (χ0v) is 34.8. The fraction of sp³-hybridized carbons (Fsp3) is 0.806. The van der Waals surface area contributed by atoms with Crippen LogP contribution in [0, 0.1) is 5.92 Å². The van der Waals surface area contributed by atoms with Gasteiger partial charge in [0.15, 0.2) is 18.2 Å². The van der Waals surface area contributed by atoms with Gasteiger partial charge in [0.1, 0.15) is 46.5 Å². The Morgan fingerprint density at radius 3 is 1.95 bits per heavy atom. The molecule has 326 valence electrons. The molecule has 2 aliphatic heterocycles. The minimum absolute atomic E-state index is 0.0717. The topological polar surface area (TPSA) is 323 Å². The van der Waals surface area contributed by atoms with Gasteiger partial charge < -0.3 is 82.2 Å². The minimum Gasteiger partial charge on any atom is -0.490 e. The highest BCUT2D eigenvalue weighted by Crippen LogP contribution is 2.39. The molecule has 0 radical (unpaired) electrons. The van der Waals surface area contributed by atoms with E-state index in [1.807, 2.05) is 0 Å². The molecule has 21 nitrogen and oxygen atoms in total. The molecule has 1 unspecified atom stereocenters. The quantitative estimate of drug-likeness (QED) is 0.0829. The highest BCUT2D eigenvalue weighted by atomic mass is 16.7. The second kappa shape index (κ2) is 18.1. The summed E-state index contributed by atoms with van der Waals surface area (Å²) in [6, 6.07) is -4.33. The number of aliphatic hydroxyl groups is 3. The third-order valence-corrected chi connectivity index (χ3v) is 9.04. The molecule has 2 heterocycles. The van der Waals surface area contributed by atoms with Crippen LogP contribution in [0.2, 0.25) is 0 Å². The van der Waals surface area contributed by atoms with Gasteiger partial charge in [0.05, 0.1) is 37.4 Å². The van der Waals surface area contributed by atoms with Crippen molar-refractivity contribution in [3.05, 3.63) is 11.8 Å². The predicted molar refractivity (Wildman–Crippen MR) is 207 cm³/mol. The number of guanidine groups is 2. The molecule has 21 heteroatoms. The van der Waals surface area contributed by atoms with Crippen molar-refractivity contribution in [3.63, 3.8) is 0 Å². The molecule has 11 atom stereocenters. The molecule has 0 aromatic heterocycles. The summed E-state index contributed by atoms with van der Waals surface area (Å²) >= 11 is 0. The molecule has 3 rings (SSSR count). The lowest BCUT2D eigenvalue weighted by molar-refractivity contribution is -0.305. The number of alkyl carbamates (subject to hydrolysis) is 2. The molecule has 3 amide bonds. The monoisotopic (exact) mass is 815 g/mol. The number of likely N-dealkylation sites (N-methyl/N-ethyl adjacent to an activating group) is 1. The molecular formula is C36H65N9O12. The largest absolute Gasteiger partial charge is 0.490 e. The molecule has 1 saturated carbocycles. The summed E-state index contributed by atoms with van der Waals surface area (Å²) in [6.07, 6.45) is -8.33. The number of hydrogen-bond donors (Lipinski definition) is 9. The van der Waals surface area contributed by atoms with Crippen molar-refractivity contribution >= 4 is 30.2 Å². The number of nitrogens with one attached hydrogen (secondary N) is 2. The van der Waals surface area contributed by atoms with Gasteiger partial charge in [-0.25, -0.2) is 24.4 Å². The molecule has 0 spiro atoms. The number of carbonyl (C=O) groups is 3. The minimum atomic E-state index is -1.79. The first-order valence-corrected chi connectivity index (χ1v) is 18.8. The van der Waals surface area contributed by atoms with Crippen LogP contribution < -0.4 is 33.6 Å². The molecule has 57 heavy (non-hydrogen) atoms. The third-order valence-electron chi connectivity index (χ3n) is 9.04. The van der Waals surface area contributed by atoms with Crippen LogP contribution in [-0.4, -0.2) is 148 Å². The predicted octanol–water partition coefficient (Wildman–Crippen LogP) is -0.169. The maximum absolute atomic E-state index is 13.4. The fourth-order valence-corrected chi connectivity index (χ4v) is 7.00. The lowest BCUT2D eigenvalue weighted by atomic mass is 9.72. The lowest BCUT2D eigenvalue weighted by Crippen LogP contribution is -2.70. The van der Waals surface area contributed by atoms with Crippen LogP contribution in [0.25, 0.3) is 0 Å².